The lowest BCUT2D eigenvalue weighted by molar-refractivity contribution is 0.294. The number of benzene rings is 1. The van der Waals surface area contributed by atoms with Gasteiger partial charge in [0.1, 0.15) is 0 Å². The molecule has 1 saturated carbocycles. The quantitative estimate of drug-likeness (QED) is 0.618. The first kappa shape index (κ1) is 15.8. The highest BCUT2D eigenvalue weighted by atomic mass is 14.2. The Kier molecular flexibility index (Phi) is 6.54. The second kappa shape index (κ2) is 8.67. The van der Waals surface area contributed by atoms with E-state index in [0.29, 0.717) is 0 Å². The number of nitriles is 1. The zero-order valence-corrected chi connectivity index (χ0v) is 13.2. The van der Waals surface area contributed by atoms with Crippen molar-refractivity contribution in [3.05, 3.63) is 47.5 Å². The zero-order valence-electron chi connectivity index (χ0n) is 13.2. The third-order valence-electron chi connectivity index (χ3n) is 4.68. The average Bonchev–Trinajstić information content (AvgIpc) is 2.54. The largest absolute Gasteiger partial charge is 0.192 e. The smallest absolute Gasteiger partial charge is 0.0991 e. The molecule has 0 unspecified atom stereocenters. The molecule has 0 amide bonds. The van der Waals surface area contributed by atoms with Crippen LogP contribution in [-0.2, 0) is 6.42 Å². The van der Waals surface area contributed by atoms with Gasteiger partial charge in [-0.3, -0.25) is 0 Å². The number of hydrogen-bond donors (Lipinski definition) is 0. The normalized spacial score (nSPS) is 22.3. The van der Waals surface area contributed by atoms with E-state index in [2.05, 4.69) is 37.3 Å². The first-order valence-corrected chi connectivity index (χ1v) is 8.47. The summed E-state index contributed by atoms with van der Waals surface area (Å²) in [6.45, 7) is 2.30. The summed E-state index contributed by atoms with van der Waals surface area (Å²) in [6, 6.07) is 10.1. The van der Waals surface area contributed by atoms with Gasteiger partial charge in [-0.1, -0.05) is 44.1 Å². The maximum atomic E-state index is 8.78. The van der Waals surface area contributed by atoms with Gasteiger partial charge in [0.25, 0.3) is 0 Å². The molecular formula is C20H27N. The van der Waals surface area contributed by atoms with Gasteiger partial charge in [-0.05, 0) is 68.1 Å². The summed E-state index contributed by atoms with van der Waals surface area (Å²) in [5.74, 6) is 1.82. The van der Waals surface area contributed by atoms with Gasteiger partial charge in [0.15, 0.2) is 0 Å². The van der Waals surface area contributed by atoms with Gasteiger partial charge >= 0.3 is 0 Å². The lowest BCUT2D eigenvalue weighted by atomic mass is 9.80. The molecule has 0 spiro atoms. The van der Waals surface area contributed by atoms with Crippen LogP contribution in [-0.4, -0.2) is 0 Å². The molecule has 0 saturated heterocycles. The van der Waals surface area contributed by atoms with Gasteiger partial charge in [0, 0.05) is 0 Å². The Morgan fingerprint density at radius 1 is 1.14 bits per heavy atom. The SMILES string of the molecule is CCC[C@H]1CC[C@H](C=CCCc2ccc(C#N)cc2)CC1. The maximum absolute atomic E-state index is 8.78. The fourth-order valence-electron chi connectivity index (χ4n) is 3.36. The maximum Gasteiger partial charge on any atom is 0.0991 e. The van der Waals surface area contributed by atoms with E-state index in [0.717, 1.165) is 30.2 Å². The van der Waals surface area contributed by atoms with Crippen molar-refractivity contribution in [2.75, 3.05) is 0 Å². The summed E-state index contributed by atoms with van der Waals surface area (Å²) in [5.41, 5.74) is 2.07. The van der Waals surface area contributed by atoms with Gasteiger partial charge in [-0.25, -0.2) is 0 Å². The minimum atomic E-state index is 0.748. The van der Waals surface area contributed by atoms with E-state index in [1.54, 1.807) is 0 Å². The number of allylic oxidation sites excluding steroid dienone is 2. The lowest BCUT2D eigenvalue weighted by Crippen LogP contribution is -2.12. The first-order valence-electron chi connectivity index (χ1n) is 8.47. The lowest BCUT2D eigenvalue weighted by Gasteiger charge is -2.26. The van der Waals surface area contributed by atoms with Crippen LogP contribution in [0.2, 0.25) is 0 Å². The van der Waals surface area contributed by atoms with Crippen LogP contribution in [0.3, 0.4) is 0 Å². The fourth-order valence-corrected chi connectivity index (χ4v) is 3.36. The number of hydrogen-bond acceptors (Lipinski definition) is 1. The monoisotopic (exact) mass is 281 g/mol. The van der Waals surface area contributed by atoms with Crippen LogP contribution in [0.4, 0.5) is 0 Å². The van der Waals surface area contributed by atoms with Gasteiger partial charge in [0.2, 0.25) is 0 Å². The zero-order chi connectivity index (χ0) is 14.9. The van der Waals surface area contributed by atoms with Crippen molar-refractivity contribution in [3.8, 4) is 6.07 Å². The minimum absolute atomic E-state index is 0.748. The van der Waals surface area contributed by atoms with Crippen LogP contribution in [0.25, 0.3) is 0 Å². The summed E-state index contributed by atoms with van der Waals surface area (Å²) in [7, 11) is 0. The Morgan fingerprint density at radius 2 is 1.86 bits per heavy atom. The summed E-state index contributed by atoms with van der Waals surface area (Å²) < 4.78 is 0. The van der Waals surface area contributed by atoms with Crippen LogP contribution in [0, 0.1) is 23.2 Å². The van der Waals surface area contributed by atoms with E-state index in [1.165, 1.54) is 44.1 Å². The molecule has 1 aromatic carbocycles. The highest BCUT2D eigenvalue weighted by molar-refractivity contribution is 5.31. The van der Waals surface area contributed by atoms with E-state index in [4.69, 9.17) is 5.26 Å². The Labute approximate surface area is 129 Å². The highest BCUT2D eigenvalue weighted by Crippen LogP contribution is 2.32. The molecular weight excluding hydrogens is 254 g/mol. The second-order valence-corrected chi connectivity index (χ2v) is 6.35. The molecule has 2 rings (SSSR count). The Bertz CT molecular complexity index is 470. The number of aryl methyl sites for hydroxylation is 1. The standard InChI is InChI=1S/C20H27N/c1-2-5-17-8-10-18(11-9-17)6-3-4-7-19-12-14-20(16-21)15-13-19/h3,6,12-15,17-18H,2,4-5,7-11H2,1H3/t17-,18-. The van der Waals surface area contributed by atoms with Crippen LogP contribution in [0.5, 0.6) is 0 Å². The Balaban J connectivity index is 1.67. The molecule has 1 aliphatic carbocycles. The highest BCUT2D eigenvalue weighted by Gasteiger charge is 2.18. The first-order chi connectivity index (χ1) is 10.3. The van der Waals surface area contributed by atoms with E-state index in [-0.39, 0.29) is 0 Å². The summed E-state index contributed by atoms with van der Waals surface area (Å²) in [6.07, 6.45) is 15.4. The van der Waals surface area contributed by atoms with Crippen molar-refractivity contribution >= 4 is 0 Å². The summed E-state index contributed by atoms with van der Waals surface area (Å²) in [5, 5.41) is 8.78. The van der Waals surface area contributed by atoms with E-state index in [1.807, 2.05) is 12.1 Å². The molecule has 112 valence electrons. The van der Waals surface area contributed by atoms with Crippen LogP contribution >= 0.6 is 0 Å². The summed E-state index contributed by atoms with van der Waals surface area (Å²) >= 11 is 0. The molecule has 1 aliphatic rings. The topological polar surface area (TPSA) is 23.8 Å². The molecule has 0 N–H and O–H groups in total. The van der Waals surface area contributed by atoms with Gasteiger partial charge in [0.05, 0.1) is 11.6 Å². The minimum Gasteiger partial charge on any atom is -0.192 e. The molecule has 1 nitrogen and oxygen atoms in total. The van der Waals surface area contributed by atoms with Crippen molar-refractivity contribution in [3.63, 3.8) is 0 Å². The van der Waals surface area contributed by atoms with Gasteiger partial charge in [-0.2, -0.15) is 5.26 Å². The molecule has 0 aliphatic heterocycles. The van der Waals surface area contributed by atoms with Crippen LogP contribution < -0.4 is 0 Å². The molecule has 1 fully saturated rings. The molecule has 21 heavy (non-hydrogen) atoms. The third kappa shape index (κ3) is 5.38. The third-order valence-corrected chi connectivity index (χ3v) is 4.68. The van der Waals surface area contributed by atoms with Gasteiger partial charge < -0.3 is 0 Å². The molecule has 0 radical (unpaired) electrons. The molecule has 0 atom stereocenters. The predicted molar refractivity (Wildman–Crippen MR) is 89.0 cm³/mol. The van der Waals surface area contributed by atoms with Gasteiger partial charge in [-0.15, -0.1) is 0 Å². The molecule has 0 heterocycles. The van der Waals surface area contributed by atoms with Crippen molar-refractivity contribution < 1.29 is 0 Å². The molecule has 1 heteroatoms. The van der Waals surface area contributed by atoms with E-state index in [9.17, 15) is 0 Å². The van der Waals surface area contributed by atoms with Crippen LogP contribution in [0.1, 0.15) is 63.0 Å². The van der Waals surface area contributed by atoms with Crippen molar-refractivity contribution in [2.45, 2.75) is 58.3 Å². The predicted octanol–water partition coefficient (Wildman–Crippen LogP) is 5.65. The van der Waals surface area contributed by atoms with Crippen molar-refractivity contribution in [1.82, 2.24) is 0 Å². The average molecular weight is 281 g/mol. The van der Waals surface area contributed by atoms with Crippen LogP contribution in [0.15, 0.2) is 36.4 Å². The Morgan fingerprint density at radius 3 is 2.48 bits per heavy atom. The number of nitrogens with zero attached hydrogens (tertiary/aromatic N) is 1. The Hall–Kier alpha value is -1.55. The molecule has 1 aromatic rings. The molecule has 0 bridgehead atoms. The van der Waals surface area contributed by atoms with Crippen molar-refractivity contribution in [2.24, 2.45) is 11.8 Å². The number of rotatable bonds is 6. The summed E-state index contributed by atoms with van der Waals surface area (Å²) in [4.78, 5) is 0. The second-order valence-electron chi connectivity index (χ2n) is 6.35. The van der Waals surface area contributed by atoms with Crippen molar-refractivity contribution in [1.29, 1.82) is 5.26 Å². The molecule has 0 aromatic heterocycles. The van der Waals surface area contributed by atoms with E-state index < -0.39 is 0 Å². The van der Waals surface area contributed by atoms with E-state index >= 15 is 0 Å². The fraction of sp³-hybridized carbons (Fsp3) is 0.550.